The molecule has 0 saturated carbocycles. The third kappa shape index (κ3) is 4.53. The van der Waals surface area contributed by atoms with Crippen LogP contribution in [0.15, 0.2) is 47.4 Å². The predicted octanol–water partition coefficient (Wildman–Crippen LogP) is 3.70. The third-order valence-corrected chi connectivity index (χ3v) is 5.00. The first kappa shape index (κ1) is 16.9. The highest BCUT2D eigenvalue weighted by Crippen LogP contribution is 2.14. The van der Waals surface area contributed by atoms with E-state index in [1.165, 1.54) is 19.1 Å². The minimum absolute atomic E-state index is 0.0814. The Morgan fingerprint density at radius 3 is 2.45 bits per heavy atom. The van der Waals surface area contributed by atoms with E-state index in [2.05, 4.69) is 4.72 Å². The van der Waals surface area contributed by atoms with E-state index in [1.807, 2.05) is 24.3 Å². The van der Waals surface area contributed by atoms with Gasteiger partial charge in [-0.2, -0.15) is 0 Å². The molecule has 0 aliphatic heterocycles. The number of hydrogen-bond donors (Lipinski definition) is 1. The van der Waals surface area contributed by atoms with Crippen molar-refractivity contribution in [2.45, 2.75) is 24.7 Å². The van der Waals surface area contributed by atoms with E-state index in [1.54, 1.807) is 0 Å². The Balaban J connectivity index is 1.89. The predicted molar refractivity (Wildman–Crippen MR) is 86.1 cm³/mol. The Bertz CT molecular complexity index is 745. The summed E-state index contributed by atoms with van der Waals surface area (Å²) in [7, 11) is -3.60. The zero-order chi connectivity index (χ0) is 16.2. The average Bonchev–Trinajstić information content (AvgIpc) is 2.48. The summed E-state index contributed by atoms with van der Waals surface area (Å²) in [5.74, 6) is -0.415. The summed E-state index contributed by atoms with van der Waals surface area (Å²) in [4.78, 5) is 0.0814. The summed E-state index contributed by atoms with van der Waals surface area (Å²) in [5.41, 5.74) is 1.41. The van der Waals surface area contributed by atoms with Gasteiger partial charge in [0.2, 0.25) is 10.0 Å². The second kappa shape index (κ2) is 7.22. The van der Waals surface area contributed by atoms with Gasteiger partial charge >= 0.3 is 0 Å². The van der Waals surface area contributed by atoms with E-state index in [-0.39, 0.29) is 4.90 Å². The zero-order valence-corrected chi connectivity index (χ0v) is 13.7. The summed E-state index contributed by atoms with van der Waals surface area (Å²) < 4.78 is 39.9. The van der Waals surface area contributed by atoms with Gasteiger partial charge < -0.3 is 0 Å². The van der Waals surface area contributed by atoms with E-state index >= 15 is 0 Å². The maximum absolute atomic E-state index is 13.2. The molecule has 6 heteroatoms. The minimum atomic E-state index is -3.60. The van der Waals surface area contributed by atoms with Crippen molar-refractivity contribution in [2.24, 2.45) is 0 Å². The molecular weight excluding hydrogens is 325 g/mol. The molecule has 1 N–H and O–H groups in total. The van der Waals surface area contributed by atoms with Crippen molar-refractivity contribution in [1.29, 1.82) is 0 Å². The molecule has 2 aromatic carbocycles. The molecule has 0 heterocycles. The molecule has 118 valence electrons. The largest absolute Gasteiger partial charge is 0.240 e. The molecule has 0 saturated heterocycles. The Morgan fingerprint density at radius 2 is 1.82 bits per heavy atom. The van der Waals surface area contributed by atoms with Crippen molar-refractivity contribution < 1.29 is 12.8 Å². The van der Waals surface area contributed by atoms with E-state index in [4.69, 9.17) is 11.6 Å². The number of rotatable bonds is 6. The summed E-state index contributed by atoms with van der Waals surface area (Å²) in [5, 5.41) is 0.677. The molecule has 0 bridgehead atoms. The molecule has 2 aromatic rings. The lowest BCUT2D eigenvalue weighted by Crippen LogP contribution is -2.25. The Morgan fingerprint density at radius 1 is 1.14 bits per heavy atom. The molecule has 2 rings (SSSR count). The first-order valence-electron chi connectivity index (χ1n) is 6.89. The van der Waals surface area contributed by atoms with Gasteiger partial charge in [-0.3, -0.25) is 0 Å². The molecule has 0 spiro atoms. The van der Waals surface area contributed by atoms with Crippen molar-refractivity contribution in [3.8, 4) is 0 Å². The van der Waals surface area contributed by atoms with Gasteiger partial charge in [-0.15, -0.1) is 0 Å². The fourth-order valence-electron chi connectivity index (χ4n) is 2.02. The smallest absolute Gasteiger partial charge is 0.211 e. The van der Waals surface area contributed by atoms with Crippen molar-refractivity contribution in [3.63, 3.8) is 0 Å². The second-order valence-corrected chi connectivity index (χ2v) is 7.24. The lowest BCUT2D eigenvalue weighted by atomic mass is 10.1. The van der Waals surface area contributed by atoms with Crippen LogP contribution in [0.5, 0.6) is 0 Å². The van der Waals surface area contributed by atoms with Crippen molar-refractivity contribution in [3.05, 3.63) is 64.4 Å². The number of sulfonamides is 1. The van der Waals surface area contributed by atoms with E-state index in [0.29, 0.717) is 23.6 Å². The molecule has 0 atom stereocenters. The quantitative estimate of drug-likeness (QED) is 0.814. The number of hydrogen-bond acceptors (Lipinski definition) is 2. The molecule has 0 aromatic heterocycles. The second-order valence-electron chi connectivity index (χ2n) is 5.04. The standard InChI is InChI=1S/C16H17ClFNO2S/c1-12-11-15(8-9-16(12)18)22(20,21)19-10-2-3-13-4-6-14(17)7-5-13/h4-9,11,19H,2-3,10H2,1H3. The lowest BCUT2D eigenvalue weighted by Gasteiger charge is -2.08. The van der Waals surface area contributed by atoms with Crippen molar-refractivity contribution >= 4 is 21.6 Å². The molecule has 0 unspecified atom stereocenters. The maximum Gasteiger partial charge on any atom is 0.240 e. The van der Waals surface area contributed by atoms with Gasteiger partial charge in [-0.05, 0) is 61.2 Å². The van der Waals surface area contributed by atoms with Gasteiger partial charge in [-0.25, -0.2) is 17.5 Å². The van der Waals surface area contributed by atoms with Crippen LogP contribution >= 0.6 is 11.6 Å². The molecule has 0 aliphatic carbocycles. The van der Waals surface area contributed by atoms with Crippen LogP contribution in [0.3, 0.4) is 0 Å². The molecule has 0 aliphatic rings. The van der Waals surface area contributed by atoms with E-state index < -0.39 is 15.8 Å². The molecule has 0 fully saturated rings. The zero-order valence-electron chi connectivity index (χ0n) is 12.1. The van der Waals surface area contributed by atoms with Gasteiger partial charge in [0.15, 0.2) is 0 Å². The van der Waals surface area contributed by atoms with Crippen LogP contribution in [0, 0.1) is 12.7 Å². The van der Waals surface area contributed by atoms with Crippen molar-refractivity contribution in [1.82, 2.24) is 4.72 Å². The Hall–Kier alpha value is -1.43. The monoisotopic (exact) mass is 341 g/mol. The van der Waals surface area contributed by atoms with Gasteiger partial charge in [-0.1, -0.05) is 23.7 Å². The highest BCUT2D eigenvalue weighted by atomic mass is 35.5. The number of halogens is 2. The van der Waals surface area contributed by atoms with Gasteiger partial charge in [0.1, 0.15) is 5.82 Å². The van der Waals surface area contributed by atoms with Crippen LogP contribution in [0.25, 0.3) is 0 Å². The Kier molecular flexibility index (Phi) is 5.56. The SMILES string of the molecule is Cc1cc(S(=O)(=O)NCCCc2ccc(Cl)cc2)ccc1F. The molecule has 0 radical (unpaired) electrons. The average molecular weight is 342 g/mol. The molecule has 0 amide bonds. The van der Waals surface area contributed by atoms with Crippen LogP contribution in [0.1, 0.15) is 17.5 Å². The lowest BCUT2D eigenvalue weighted by molar-refractivity contribution is 0.577. The fourth-order valence-corrected chi connectivity index (χ4v) is 3.30. The highest BCUT2D eigenvalue weighted by Gasteiger charge is 2.14. The van der Waals surface area contributed by atoms with Gasteiger partial charge in [0.25, 0.3) is 0 Å². The van der Waals surface area contributed by atoms with Crippen LogP contribution < -0.4 is 4.72 Å². The van der Waals surface area contributed by atoms with Gasteiger partial charge in [0.05, 0.1) is 4.90 Å². The maximum atomic E-state index is 13.2. The topological polar surface area (TPSA) is 46.2 Å². The molecule has 3 nitrogen and oxygen atoms in total. The van der Waals surface area contributed by atoms with Crippen LogP contribution in [-0.2, 0) is 16.4 Å². The minimum Gasteiger partial charge on any atom is -0.211 e. The van der Waals surface area contributed by atoms with Gasteiger partial charge in [0, 0.05) is 11.6 Å². The number of aryl methyl sites for hydroxylation is 2. The number of nitrogens with one attached hydrogen (secondary N) is 1. The van der Waals surface area contributed by atoms with Crippen LogP contribution in [0.2, 0.25) is 5.02 Å². The van der Waals surface area contributed by atoms with Crippen molar-refractivity contribution in [2.75, 3.05) is 6.54 Å². The number of benzene rings is 2. The third-order valence-electron chi connectivity index (χ3n) is 3.29. The molecular formula is C16H17ClFNO2S. The molecule has 22 heavy (non-hydrogen) atoms. The van der Waals surface area contributed by atoms with Crippen LogP contribution in [0.4, 0.5) is 4.39 Å². The summed E-state index contributed by atoms with van der Waals surface area (Å²) in [6.45, 7) is 1.86. The van der Waals surface area contributed by atoms with Crippen LogP contribution in [-0.4, -0.2) is 15.0 Å². The summed E-state index contributed by atoms with van der Waals surface area (Å²) >= 11 is 5.81. The Labute approximate surface area is 135 Å². The first-order chi connectivity index (χ1) is 10.4. The van der Waals surface area contributed by atoms with E-state index in [9.17, 15) is 12.8 Å². The summed E-state index contributed by atoms with van der Waals surface area (Å²) in [6, 6.07) is 11.2. The normalized spacial score (nSPS) is 11.6. The first-order valence-corrected chi connectivity index (χ1v) is 8.75. The fraction of sp³-hybridized carbons (Fsp3) is 0.250. The van der Waals surface area contributed by atoms with E-state index in [0.717, 1.165) is 18.1 Å². The summed E-state index contributed by atoms with van der Waals surface area (Å²) in [6.07, 6.45) is 1.42. The highest BCUT2D eigenvalue weighted by molar-refractivity contribution is 7.89.